The summed E-state index contributed by atoms with van der Waals surface area (Å²) in [6.45, 7) is 3.83. The van der Waals surface area contributed by atoms with Crippen LogP contribution >= 0.6 is 0 Å². The molecule has 1 aromatic heterocycles. The molecule has 0 aliphatic rings. The summed E-state index contributed by atoms with van der Waals surface area (Å²) in [6.07, 6.45) is 0. The summed E-state index contributed by atoms with van der Waals surface area (Å²) >= 11 is 0. The SMILES string of the molecule is CC.O=C(O)Cn1c2ccccc2c(=O)c2ccccc21. The number of nitrogens with zero attached hydrogens (tertiary/aromatic N) is 1. The van der Waals surface area contributed by atoms with Gasteiger partial charge in [-0.1, -0.05) is 38.1 Å². The number of rotatable bonds is 2. The van der Waals surface area contributed by atoms with Gasteiger partial charge in [0, 0.05) is 10.8 Å². The van der Waals surface area contributed by atoms with Gasteiger partial charge in [-0.15, -0.1) is 0 Å². The number of hydrogen-bond donors (Lipinski definition) is 1. The van der Waals surface area contributed by atoms with Gasteiger partial charge in [-0.3, -0.25) is 9.59 Å². The Balaban J connectivity index is 0.000000774. The molecule has 0 saturated heterocycles. The summed E-state index contributed by atoms with van der Waals surface area (Å²) in [5, 5.41) is 10.1. The van der Waals surface area contributed by atoms with Gasteiger partial charge in [-0.2, -0.15) is 0 Å². The van der Waals surface area contributed by atoms with E-state index in [1.807, 2.05) is 13.8 Å². The highest BCUT2D eigenvalue weighted by atomic mass is 16.4. The number of carboxylic acids is 1. The quantitative estimate of drug-likeness (QED) is 0.734. The molecule has 0 fully saturated rings. The van der Waals surface area contributed by atoms with Gasteiger partial charge in [-0.25, -0.2) is 0 Å². The highest BCUT2D eigenvalue weighted by molar-refractivity contribution is 5.94. The second kappa shape index (κ2) is 6.22. The number of carbonyl (C=O) groups is 1. The normalized spacial score (nSPS) is 10.2. The molecule has 4 heteroatoms. The van der Waals surface area contributed by atoms with Gasteiger partial charge in [0.1, 0.15) is 6.54 Å². The van der Waals surface area contributed by atoms with Crippen molar-refractivity contribution in [1.82, 2.24) is 4.57 Å². The fraction of sp³-hybridized carbons (Fsp3) is 0.176. The number of aliphatic carboxylic acids is 1. The smallest absolute Gasteiger partial charge is 0.323 e. The predicted molar refractivity (Wildman–Crippen MR) is 84.7 cm³/mol. The minimum absolute atomic E-state index is 0.0622. The largest absolute Gasteiger partial charge is 0.480 e. The molecule has 108 valence electrons. The van der Waals surface area contributed by atoms with E-state index in [4.69, 9.17) is 5.11 Å². The standard InChI is InChI=1S/C15H11NO3.C2H6/c17-14(18)9-16-12-7-3-1-5-10(12)15(19)11-6-2-4-8-13(11)16;1-2/h1-8H,9H2,(H,17,18);1-2H3. The molecule has 0 unspecified atom stereocenters. The van der Waals surface area contributed by atoms with E-state index in [0.717, 1.165) is 0 Å². The Hall–Kier alpha value is -2.62. The Morgan fingerprint density at radius 3 is 1.81 bits per heavy atom. The Morgan fingerprint density at radius 2 is 1.38 bits per heavy atom. The topological polar surface area (TPSA) is 59.3 Å². The Morgan fingerprint density at radius 1 is 0.952 bits per heavy atom. The van der Waals surface area contributed by atoms with Crippen molar-refractivity contribution in [3.63, 3.8) is 0 Å². The molecule has 0 saturated carbocycles. The summed E-state index contributed by atoms with van der Waals surface area (Å²) in [5.41, 5.74) is 1.23. The lowest BCUT2D eigenvalue weighted by Crippen LogP contribution is -2.15. The maximum atomic E-state index is 12.4. The lowest BCUT2D eigenvalue weighted by atomic mass is 10.1. The van der Waals surface area contributed by atoms with Crippen LogP contribution in [0.2, 0.25) is 0 Å². The number of aromatic nitrogens is 1. The first-order chi connectivity index (χ1) is 10.2. The fourth-order valence-electron chi connectivity index (χ4n) is 2.38. The van der Waals surface area contributed by atoms with Crippen LogP contribution in [-0.4, -0.2) is 15.6 Å². The minimum Gasteiger partial charge on any atom is -0.480 e. The van der Waals surface area contributed by atoms with Crippen LogP contribution in [0.1, 0.15) is 13.8 Å². The van der Waals surface area contributed by atoms with Gasteiger partial charge < -0.3 is 9.67 Å². The highest BCUT2D eigenvalue weighted by Gasteiger charge is 2.11. The van der Waals surface area contributed by atoms with E-state index in [9.17, 15) is 9.59 Å². The van der Waals surface area contributed by atoms with Gasteiger partial charge in [0.25, 0.3) is 0 Å². The van der Waals surface area contributed by atoms with E-state index in [1.165, 1.54) is 0 Å². The van der Waals surface area contributed by atoms with E-state index < -0.39 is 5.97 Å². The maximum Gasteiger partial charge on any atom is 0.323 e. The molecule has 0 spiro atoms. The third-order valence-corrected chi connectivity index (χ3v) is 3.17. The first-order valence-electron chi connectivity index (χ1n) is 6.90. The molecule has 0 amide bonds. The van der Waals surface area contributed by atoms with Crippen LogP contribution in [0, 0.1) is 0 Å². The van der Waals surface area contributed by atoms with Crippen LogP contribution in [0.3, 0.4) is 0 Å². The molecule has 3 aromatic rings. The van der Waals surface area contributed by atoms with Crippen molar-refractivity contribution in [2.45, 2.75) is 20.4 Å². The van der Waals surface area contributed by atoms with Crippen LogP contribution in [-0.2, 0) is 11.3 Å². The van der Waals surface area contributed by atoms with Crippen LogP contribution in [0.4, 0.5) is 0 Å². The maximum absolute atomic E-state index is 12.4. The monoisotopic (exact) mass is 283 g/mol. The van der Waals surface area contributed by atoms with E-state index >= 15 is 0 Å². The average Bonchev–Trinajstić information content (AvgIpc) is 2.53. The van der Waals surface area contributed by atoms with Crippen LogP contribution in [0.5, 0.6) is 0 Å². The molecule has 0 atom stereocenters. The van der Waals surface area contributed by atoms with Gasteiger partial charge in [0.05, 0.1) is 11.0 Å². The van der Waals surface area contributed by atoms with Crippen LogP contribution in [0.25, 0.3) is 21.8 Å². The van der Waals surface area contributed by atoms with Gasteiger partial charge in [0.15, 0.2) is 5.43 Å². The van der Waals surface area contributed by atoms with Crippen molar-refractivity contribution in [1.29, 1.82) is 0 Å². The molecule has 0 aliphatic heterocycles. The van der Waals surface area contributed by atoms with Gasteiger partial charge >= 0.3 is 5.97 Å². The average molecular weight is 283 g/mol. The zero-order chi connectivity index (χ0) is 15.4. The molecule has 4 nitrogen and oxygen atoms in total. The van der Waals surface area contributed by atoms with E-state index in [2.05, 4.69) is 0 Å². The summed E-state index contributed by atoms with van der Waals surface area (Å²) in [7, 11) is 0. The number of para-hydroxylation sites is 2. The van der Waals surface area contributed by atoms with Gasteiger partial charge in [0.2, 0.25) is 0 Å². The summed E-state index contributed by atoms with van der Waals surface area (Å²) in [5.74, 6) is -0.932. The molecular formula is C17H17NO3. The first kappa shape index (κ1) is 14.8. The first-order valence-corrected chi connectivity index (χ1v) is 6.90. The van der Waals surface area contributed by atoms with Crippen molar-refractivity contribution in [3.05, 3.63) is 58.8 Å². The summed E-state index contributed by atoms with van der Waals surface area (Å²) < 4.78 is 1.66. The third-order valence-electron chi connectivity index (χ3n) is 3.17. The fourth-order valence-corrected chi connectivity index (χ4v) is 2.38. The number of pyridine rings is 1. The minimum atomic E-state index is -0.932. The van der Waals surface area contributed by atoms with Crippen molar-refractivity contribution in [2.75, 3.05) is 0 Å². The van der Waals surface area contributed by atoms with Gasteiger partial charge in [-0.05, 0) is 24.3 Å². The Bertz CT molecular complexity index is 789. The Kier molecular flexibility index (Phi) is 4.38. The molecule has 0 aliphatic carbocycles. The zero-order valence-corrected chi connectivity index (χ0v) is 12.0. The number of fused-ring (bicyclic) bond motifs is 2. The van der Waals surface area contributed by atoms with Crippen LogP contribution in [0.15, 0.2) is 53.3 Å². The number of hydrogen-bond acceptors (Lipinski definition) is 2. The lowest BCUT2D eigenvalue weighted by Gasteiger charge is -2.12. The molecule has 0 bridgehead atoms. The number of benzene rings is 2. The van der Waals surface area contributed by atoms with Crippen molar-refractivity contribution < 1.29 is 9.90 Å². The van der Waals surface area contributed by atoms with Crippen molar-refractivity contribution in [2.24, 2.45) is 0 Å². The lowest BCUT2D eigenvalue weighted by molar-refractivity contribution is -0.137. The molecule has 1 N–H and O–H groups in total. The molecule has 1 heterocycles. The van der Waals surface area contributed by atoms with Crippen molar-refractivity contribution in [3.8, 4) is 0 Å². The second-order valence-corrected chi connectivity index (χ2v) is 4.34. The Labute approximate surface area is 122 Å². The molecule has 3 rings (SSSR count). The predicted octanol–water partition coefficient (Wildman–Crippen LogP) is 3.27. The zero-order valence-electron chi connectivity index (χ0n) is 12.0. The van der Waals surface area contributed by atoms with Crippen molar-refractivity contribution >= 4 is 27.8 Å². The van der Waals surface area contributed by atoms with Crippen LogP contribution < -0.4 is 5.43 Å². The summed E-state index contributed by atoms with van der Waals surface area (Å²) in [4.78, 5) is 23.4. The summed E-state index contributed by atoms with van der Waals surface area (Å²) in [6, 6.07) is 14.2. The third kappa shape index (κ3) is 2.65. The highest BCUT2D eigenvalue weighted by Crippen LogP contribution is 2.18. The molecule has 21 heavy (non-hydrogen) atoms. The molecule has 2 aromatic carbocycles. The molecule has 0 radical (unpaired) electrons. The number of carboxylic acid groups (broad SMARTS) is 1. The van der Waals surface area contributed by atoms with E-state index in [0.29, 0.717) is 21.8 Å². The van der Waals surface area contributed by atoms with E-state index in [-0.39, 0.29) is 12.0 Å². The second-order valence-electron chi connectivity index (χ2n) is 4.34. The van der Waals surface area contributed by atoms with E-state index in [1.54, 1.807) is 53.1 Å². The molecular weight excluding hydrogens is 266 g/mol.